The van der Waals surface area contributed by atoms with Crippen LogP contribution in [0.5, 0.6) is 11.5 Å². The molecule has 0 saturated heterocycles. The zero-order chi connectivity index (χ0) is 16.5. The highest BCUT2D eigenvalue weighted by molar-refractivity contribution is 7.99. The molecule has 2 heterocycles. The Bertz CT molecular complexity index is 796. The number of hydrogen-bond donors (Lipinski definition) is 1. The van der Waals surface area contributed by atoms with E-state index in [0.717, 1.165) is 12.2 Å². The fourth-order valence-corrected chi connectivity index (χ4v) is 4.37. The second-order valence-electron chi connectivity index (χ2n) is 5.68. The minimum absolute atomic E-state index is 0.0157. The molecule has 0 saturated carbocycles. The smallest absolute Gasteiger partial charge is 0.251 e. The molecule has 2 aromatic carbocycles. The van der Waals surface area contributed by atoms with Crippen molar-refractivity contribution in [2.24, 2.45) is 0 Å². The van der Waals surface area contributed by atoms with Gasteiger partial charge in [0.15, 0.2) is 11.5 Å². The molecule has 2 aliphatic heterocycles. The molecule has 1 N–H and O–H groups in total. The molecule has 4 rings (SSSR count). The van der Waals surface area contributed by atoms with Crippen molar-refractivity contribution in [3.05, 3.63) is 52.5 Å². The maximum atomic E-state index is 12.7. The van der Waals surface area contributed by atoms with E-state index < -0.39 is 0 Å². The van der Waals surface area contributed by atoms with Gasteiger partial charge in [-0.15, -0.1) is 11.8 Å². The summed E-state index contributed by atoms with van der Waals surface area (Å²) < 4.78 is 11.0. The van der Waals surface area contributed by atoms with E-state index >= 15 is 0 Å². The van der Waals surface area contributed by atoms with Crippen molar-refractivity contribution in [2.45, 2.75) is 17.4 Å². The standard InChI is InChI=1S/C18H16ClNO3S/c19-13-9-11(10-15-17(13)23-7-6-22-15)18(21)20-14-5-8-24-16-4-2-1-3-12(14)16/h1-4,9-10,14H,5-8H2,(H,20,21). The van der Waals surface area contributed by atoms with Gasteiger partial charge in [0.25, 0.3) is 5.91 Å². The van der Waals surface area contributed by atoms with Crippen LogP contribution in [0.4, 0.5) is 0 Å². The first-order valence-electron chi connectivity index (χ1n) is 7.84. The van der Waals surface area contributed by atoms with Crippen molar-refractivity contribution < 1.29 is 14.3 Å². The van der Waals surface area contributed by atoms with E-state index in [4.69, 9.17) is 21.1 Å². The van der Waals surface area contributed by atoms with Crippen LogP contribution in [-0.4, -0.2) is 24.9 Å². The lowest BCUT2D eigenvalue weighted by atomic mass is 10.0. The number of amides is 1. The normalized spacial score (nSPS) is 18.6. The molecule has 0 spiro atoms. The third kappa shape index (κ3) is 2.94. The van der Waals surface area contributed by atoms with Crippen molar-refractivity contribution in [3.8, 4) is 11.5 Å². The Balaban J connectivity index is 1.58. The molecule has 0 bridgehead atoms. The molecule has 0 aromatic heterocycles. The largest absolute Gasteiger partial charge is 0.486 e. The van der Waals surface area contributed by atoms with Crippen LogP contribution >= 0.6 is 23.4 Å². The molecule has 1 atom stereocenters. The molecule has 2 aromatic rings. The predicted molar refractivity (Wildman–Crippen MR) is 94.4 cm³/mol. The highest BCUT2D eigenvalue weighted by Crippen LogP contribution is 2.39. The molecule has 124 valence electrons. The first-order valence-corrected chi connectivity index (χ1v) is 9.20. The average molecular weight is 362 g/mol. The van der Waals surface area contributed by atoms with Gasteiger partial charge in [0.2, 0.25) is 0 Å². The zero-order valence-electron chi connectivity index (χ0n) is 12.9. The number of carbonyl (C=O) groups is 1. The Labute approximate surface area is 149 Å². The summed E-state index contributed by atoms with van der Waals surface area (Å²) >= 11 is 8.05. The zero-order valence-corrected chi connectivity index (χ0v) is 14.5. The molecule has 0 radical (unpaired) electrons. The van der Waals surface area contributed by atoms with E-state index in [-0.39, 0.29) is 11.9 Å². The Morgan fingerprint density at radius 3 is 2.96 bits per heavy atom. The van der Waals surface area contributed by atoms with Gasteiger partial charge in [-0.3, -0.25) is 4.79 Å². The summed E-state index contributed by atoms with van der Waals surface area (Å²) in [4.78, 5) is 13.9. The summed E-state index contributed by atoms with van der Waals surface area (Å²) in [6, 6.07) is 11.5. The second-order valence-corrected chi connectivity index (χ2v) is 7.23. The van der Waals surface area contributed by atoms with E-state index in [1.807, 2.05) is 23.9 Å². The van der Waals surface area contributed by atoms with Gasteiger partial charge in [0.05, 0.1) is 11.1 Å². The number of halogens is 1. The molecule has 2 aliphatic rings. The number of nitrogens with one attached hydrogen (secondary N) is 1. The Morgan fingerprint density at radius 2 is 2.04 bits per heavy atom. The molecule has 24 heavy (non-hydrogen) atoms. The summed E-state index contributed by atoms with van der Waals surface area (Å²) in [5.41, 5.74) is 1.66. The third-order valence-corrected chi connectivity index (χ3v) is 5.53. The lowest BCUT2D eigenvalue weighted by molar-refractivity contribution is 0.0933. The molecule has 0 fully saturated rings. The second kappa shape index (κ2) is 6.57. The fourth-order valence-electron chi connectivity index (χ4n) is 2.98. The van der Waals surface area contributed by atoms with Crippen molar-refractivity contribution in [1.29, 1.82) is 0 Å². The van der Waals surface area contributed by atoms with Gasteiger partial charge in [0, 0.05) is 16.2 Å². The molecule has 6 heteroatoms. The Hall–Kier alpha value is -1.85. The SMILES string of the molecule is O=C(NC1CCSc2ccccc21)c1cc(Cl)c2c(c1)OCCO2. The molecule has 1 amide bonds. The molecule has 1 unspecified atom stereocenters. The molecular formula is C18H16ClNO3S. The van der Waals surface area contributed by atoms with Gasteiger partial charge in [-0.25, -0.2) is 0 Å². The Morgan fingerprint density at radius 1 is 1.21 bits per heavy atom. The van der Waals surface area contributed by atoms with Gasteiger partial charge < -0.3 is 14.8 Å². The molecular weight excluding hydrogens is 346 g/mol. The number of fused-ring (bicyclic) bond motifs is 2. The van der Waals surface area contributed by atoms with Gasteiger partial charge in [-0.05, 0) is 30.2 Å². The van der Waals surface area contributed by atoms with Crippen LogP contribution in [0.2, 0.25) is 5.02 Å². The monoisotopic (exact) mass is 361 g/mol. The highest BCUT2D eigenvalue weighted by atomic mass is 35.5. The van der Waals surface area contributed by atoms with Crippen molar-refractivity contribution >= 4 is 29.3 Å². The number of ether oxygens (including phenoxy) is 2. The number of carbonyl (C=O) groups excluding carboxylic acids is 1. The van der Waals surface area contributed by atoms with Crippen molar-refractivity contribution in [3.63, 3.8) is 0 Å². The van der Waals surface area contributed by atoms with Gasteiger partial charge in [-0.1, -0.05) is 29.8 Å². The van der Waals surface area contributed by atoms with Crippen LogP contribution in [0.1, 0.15) is 28.4 Å². The average Bonchev–Trinajstić information content (AvgIpc) is 2.62. The molecule has 4 nitrogen and oxygen atoms in total. The lowest BCUT2D eigenvalue weighted by Gasteiger charge is -2.26. The summed E-state index contributed by atoms with van der Waals surface area (Å²) in [5.74, 6) is 1.88. The van der Waals surface area contributed by atoms with Crippen LogP contribution < -0.4 is 14.8 Å². The Kier molecular flexibility index (Phi) is 4.29. The predicted octanol–water partition coefficient (Wildman–Crippen LogP) is 4.08. The van der Waals surface area contributed by atoms with Crippen molar-refractivity contribution in [1.82, 2.24) is 5.32 Å². The van der Waals surface area contributed by atoms with Gasteiger partial charge in [0.1, 0.15) is 13.2 Å². The summed E-state index contributed by atoms with van der Waals surface area (Å²) in [5, 5.41) is 3.52. The van der Waals surface area contributed by atoms with Gasteiger partial charge >= 0.3 is 0 Å². The van der Waals surface area contributed by atoms with E-state index in [0.29, 0.717) is 35.3 Å². The van der Waals surface area contributed by atoms with Crippen LogP contribution in [0.25, 0.3) is 0 Å². The van der Waals surface area contributed by atoms with Crippen LogP contribution in [0.3, 0.4) is 0 Å². The summed E-state index contributed by atoms with van der Waals surface area (Å²) in [6.07, 6.45) is 0.908. The number of hydrogen-bond acceptors (Lipinski definition) is 4. The minimum atomic E-state index is -0.152. The maximum absolute atomic E-state index is 12.7. The highest BCUT2D eigenvalue weighted by Gasteiger charge is 2.24. The summed E-state index contributed by atoms with van der Waals surface area (Å²) in [6.45, 7) is 0.927. The van der Waals surface area contributed by atoms with Crippen molar-refractivity contribution in [2.75, 3.05) is 19.0 Å². The number of rotatable bonds is 2. The van der Waals surface area contributed by atoms with Gasteiger partial charge in [-0.2, -0.15) is 0 Å². The van der Waals surface area contributed by atoms with E-state index in [1.165, 1.54) is 10.5 Å². The van der Waals surface area contributed by atoms with Crippen LogP contribution in [-0.2, 0) is 0 Å². The van der Waals surface area contributed by atoms with E-state index in [9.17, 15) is 4.79 Å². The quantitative estimate of drug-likeness (QED) is 0.875. The van der Waals surface area contributed by atoms with E-state index in [2.05, 4.69) is 17.4 Å². The third-order valence-electron chi connectivity index (χ3n) is 4.12. The lowest BCUT2D eigenvalue weighted by Crippen LogP contribution is -2.30. The first-order chi connectivity index (χ1) is 11.7. The number of benzene rings is 2. The van der Waals surface area contributed by atoms with Crippen LogP contribution in [0.15, 0.2) is 41.3 Å². The molecule has 0 aliphatic carbocycles. The van der Waals surface area contributed by atoms with Crippen LogP contribution in [0, 0.1) is 0 Å². The van der Waals surface area contributed by atoms with E-state index in [1.54, 1.807) is 12.1 Å². The minimum Gasteiger partial charge on any atom is -0.486 e. The maximum Gasteiger partial charge on any atom is 0.251 e. The summed E-state index contributed by atoms with van der Waals surface area (Å²) in [7, 11) is 0. The first kappa shape index (κ1) is 15.7. The number of thioether (sulfide) groups is 1. The fraction of sp³-hybridized carbons (Fsp3) is 0.278. The topological polar surface area (TPSA) is 47.6 Å².